The van der Waals surface area contributed by atoms with Gasteiger partial charge in [0.15, 0.2) is 0 Å². The predicted octanol–water partition coefficient (Wildman–Crippen LogP) is 2.35. The minimum absolute atomic E-state index is 0.0652. The Hall–Kier alpha value is -1.81. The molecule has 1 atom stereocenters. The van der Waals surface area contributed by atoms with Gasteiger partial charge in [0.05, 0.1) is 11.8 Å². The molecule has 0 fully saturated rings. The van der Waals surface area contributed by atoms with E-state index in [0.717, 1.165) is 0 Å². The van der Waals surface area contributed by atoms with E-state index in [1.54, 1.807) is 19.1 Å². The molecule has 1 unspecified atom stereocenters. The van der Waals surface area contributed by atoms with E-state index in [0.29, 0.717) is 17.6 Å². The van der Waals surface area contributed by atoms with Crippen LogP contribution in [0.25, 0.3) is 0 Å². The molecule has 3 N–H and O–H groups in total. The number of aliphatic hydroxyl groups excluding tert-OH is 1. The second-order valence-electron chi connectivity index (χ2n) is 3.90. The largest absolute Gasteiger partial charge is 0.506 e. The zero-order chi connectivity index (χ0) is 13.0. The third kappa shape index (κ3) is 3.07. The van der Waals surface area contributed by atoms with E-state index in [4.69, 9.17) is 0 Å². The maximum atomic E-state index is 11.5. The van der Waals surface area contributed by atoms with Crippen LogP contribution >= 0.6 is 0 Å². The quantitative estimate of drug-likeness (QED) is 0.554. The van der Waals surface area contributed by atoms with Gasteiger partial charge >= 0.3 is 0 Å². The van der Waals surface area contributed by atoms with E-state index < -0.39 is 6.10 Å². The molecular formula is C13H17NO3. The van der Waals surface area contributed by atoms with Crippen LogP contribution in [0.1, 0.15) is 31.9 Å². The molecule has 4 nitrogen and oxygen atoms in total. The summed E-state index contributed by atoms with van der Waals surface area (Å²) in [5.74, 6) is -0.444. The lowest BCUT2D eigenvalue weighted by molar-refractivity contribution is -0.112. The molecule has 1 aromatic rings. The van der Waals surface area contributed by atoms with Gasteiger partial charge in [-0.2, -0.15) is 0 Å². The molecule has 0 aliphatic rings. The number of nitrogens with one attached hydrogen (secondary N) is 1. The summed E-state index contributed by atoms with van der Waals surface area (Å²) >= 11 is 0. The molecule has 0 aliphatic heterocycles. The van der Waals surface area contributed by atoms with Gasteiger partial charge in [-0.25, -0.2) is 0 Å². The summed E-state index contributed by atoms with van der Waals surface area (Å²) in [4.78, 5) is 11.5. The molecule has 17 heavy (non-hydrogen) atoms. The minimum atomic E-state index is -0.720. The summed E-state index contributed by atoms with van der Waals surface area (Å²) < 4.78 is 0. The fraction of sp³-hybridized carbons (Fsp3) is 0.308. The molecule has 0 bridgehead atoms. The molecule has 0 aliphatic carbocycles. The summed E-state index contributed by atoms with van der Waals surface area (Å²) in [7, 11) is 0. The number of hydrogen-bond donors (Lipinski definition) is 3. The first-order valence-electron chi connectivity index (χ1n) is 5.44. The van der Waals surface area contributed by atoms with Crippen molar-refractivity contribution in [2.45, 2.75) is 26.4 Å². The van der Waals surface area contributed by atoms with Crippen LogP contribution in [0.4, 0.5) is 5.69 Å². The van der Waals surface area contributed by atoms with Gasteiger partial charge in [-0.15, -0.1) is 0 Å². The highest BCUT2D eigenvalue weighted by molar-refractivity contribution is 6.04. The molecule has 0 aromatic heterocycles. The Morgan fingerprint density at radius 1 is 1.53 bits per heavy atom. The minimum Gasteiger partial charge on any atom is -0.506 e. The Morgan fingerprint density at radius 2 is 2.18 bits per heavy atom. The number of aromatic hydroxyl groups is 1. The lowest BCUT2D eigenvalue weighted by atomic mass is 10.0. The van der Waals surface area contributed by atoms with Gasteiger partial charge in [0, 0.05) is 11.1 Å². The molecule has 4 heteroatoms. The van der Waals surface area contributed by atoms with Crippen LogP contribution in [-0.2, 0) is 4.79 Å². The highest BCUT2D eigenvalue weighted by atomic mass is 16.3. The standard InChI is InChI=1S/C13H17NO3/c1-4-10(15)9-6-5-7-11(16)12(9)14-13(17)8(2)3/h5-7,10,15-16H,2,4H2,1,3H3,(H,14,17). The van der Waals surface area contributed by atoms with E-state index >= 15 is 0 Å². The van der Waals surface area contributed by atoms with Crippen LogP contribution in [0.3, 0.4) is 0 Å². The van der Waals surface area contributed by atoms with Crippen LogP contribution < -0.4 is 5.32 Å². The number of carbonyl (C=O) groups excluding carboxylic acids is 1. The Kier molecular flexibility index (Phi) is 4.29. The van der Waals surface area contributed by atoms with E-state index in [1.165, 1.54) is 6.07 Å². The lowest BCUT2D eigenvalue weighted by Crippen LogP contribution is -2.14. The van der Waals surface area contributed by atoms with Crippen LogP contribution in [0.15, 0.2) is 30.4 Å². The lowest BCUT2D eigenvalue weighted by Gasteiger charge is -2.16. The van der Waals surface area contributed by atoms with Crippen LogP contribution in [0.5, 0.6) is 5.75 Å². The smallest absolute Gasteiger partial charge is 0.250 e. The van der Waals surface area contributed by atoms with Gasteiger partial charge in [0.2, 0.25) is 0 Å². The molecule has 1 aromatic carbocycles. The molecule has 0 radical (unpaired) electrons. The van der Waals surface area contributed by atoms with Crippen molar-refractivity contribution >= 4 is 11.6 Å². The molecule has 92 valence electrons. The normalized spacial score (nSPS) is 11.9. The van der Waals surface area contributed by atoms with Gasteiger partial charge in [-0.05, 0) is 19.4 Å². The molecule has 0 saturated heterocycles. The van der Waals surface area contributed by atoms with E-state index in [-0.39, 0.29) is 17.3 Å². The second kappa shape index (κ2) is 5.50. The number of phenols is 1. The number of hydrogen-bond acceptors (Lipinski definition) is 3. The van der Waals surface area contributed by atoms with E-state index in [9.17, 15) is 15.0 Å². The van der Waals surface area contributed by atoms with Crippen molar-refractivity contribution in [2.24, 2.45) is 0 Å². The van der Waals surface area contributed by atoms with Crippen molar-refractivity contribution in [1.82, 2.24) is 0 Å². The van der Waals surface area contributed by atoms with Crippen molar-refractivity contribution in [3.8, 4) is 5.75 Å². The molecule has 0 saturated carbocycles. The number of para-hydroxylation sites is 1. The maximum absolute atomic E-state index is 11.5. The number of aliphatic hydroxyl groups is 1. The summed E-state index contributed by atoms with van der Waals surface area (Å²) in [6, 6.07) is 4.75. The van der Waals surface area contributed by atoms with Gasteiger partial charge in [0.1, 0.15) is 5.75 Å². The van der Waals surface area contributed by atoms with Crippen LogP contribution in [0.2, 0.25) is 0 Å². The Morgan fingerprint density at radius 3 is 2.71 bits per heavy atom. The number of benzene rings is 1. The van der Waals surface area contributed by atoms with Gasteiger partial charge in [0.25, 0.3) is 5.91 Å². The first-order chi connectivity index (χ1) is 7.97. The Bertz CT molecular complexity index is 440. The van der Waals surface area contributed by atoms with E-state index in [2.05, 4.69) is 11.9 Å². The maximum Gasteiger partial charge on any atom is 0.250 e. The summed E-state index contributed by atoms with van der Waals surface area (Å²) in [5, 5.41) is 22.1. The summed E-state index contributed by atoms with van der Waals surface area (Å²) in [6.07, 6.45) is -0.220. The Labute approximate surface area is 101 Å². The summed E-state index contributed by atoms with van der Waals surface area (Å²) in [5.41, 5.74) is 1.09. The van der Waals surface area contributed by atoms with Crippen molar-refractivity contribution in [1.29, 1.82) is 0 Å². The third-order valence-electron chi connectivity index (χ3n) is 2.45. The number of amides is 1. The monoisotopic (exact) mass is 235 g/mol. The van der Waals surface area contributed by atoms with Gasteiger partial charge in [-0.1, -0.05) is 25.6 Å². The average Bonchev–Trinajstić information content (AvgIpc) is 2.30. The number of carbonyl (C=O) groups is 1. The fourth-order valence-corrected chi connectivity index (χ4v) is 1.41. The number of rotatable bonds is 4. The van der Waals surface area contributed by atoms with Crippen molar-refractivity contribution < 1.29 is 15.0 Å². The number of phenolic OH excluding ortho intramolecular Hbond substituents is 1. The first kappa shape index (κ1) is 13.3. The zero-order valence-corrected chi connectivity index (χ0v) is 10.0. The van der Waals surface area contributed by atoms with Crippen molar-refractivity contribution in [3.63, 3.8) is 0 Å². The van der Waals surface area contributed by atoms with Crippen molar-refractivity contribution in [3.05, 3.63) is 35.9 Å². The third-order valence-corrected chi connectivity index (χ3v) is 2.45. The highest BCUT2D eigenvalue weighted by Crippen LogP contribution is 2.32. The number of anilines is 1. The van der Waals surface area contributed by atoms with Gasteiger partial charge < -0.3 is 15.5 Å². The molecule has 1 amide bonds. The molecule has 1 rings (SSSR count). The van der Waals surface area contributed by atoms with Crippen LogP contribution in [-0.4, -0.2) is 16.1 Å². The Balaban J connectivity index is 3.12. The van der Waals surface area contributed by atoms with E-state index in [1.807, 2.05) is 6.92 Å². The highest BCUT2D eigenvalue weighted by Gasteiger charge is 2.16. The summed E-state index contributed by atoms with van der Waals surface area (Å²) in [6.45, 7) is 6.91. The second-order valence-corrected chi connectivity index (χ2v) is 3.90. The SMILES string of the molecule is C=C(C)C(=O)Nc1c(O)cccc1C(O)CC. The topological polar surface area (TPSA) is 69.6 Å². The molecule has 0 heterocycles. The average molecular weight is 235 g/mol. The van der Waals surface area contributed by atoms with Crippen LogP contribution in [0, 0.1) is 0 Å². The van der Waals surface area contributed by atoms with Gasteiger partial charge in [-0.3, -0.25) is 4.79 Å². The van der Waals surface area contributed by atoms with Crippen molar-refractivity contribution in [2.75, 3.05) is 5.32 Å². The zero-order valence-electron chi connectivity index (χ0n) is 10.0. The predicted molar refractivity (Wildman–Crippen MR) is 66.8 cm³/mol. The molecule has 0 spiro atoms. The first-order valence-corrected chi connectivity index (χ1v) is 5.44. The molecular weight excluding hydrogens is 218 g/mol. The fourth-order valence-electron chi connectivity index (χ4n) is 1.41.